The van der Waals surface area contributed by atoms with Gasteiger partial charge in [0.05, 0.1) is 13.2 Å². The molecule has 2 atom stereocenters. The van der Waals surface area contributed by atoms with Crippen molar-refractivity contribution in [3.05, 3.63) is 0 Å². The van der Waals surface area contributed by atoms with E-state index in [1.807, 2.05) is 0 Å². The van der Waals surface area contributed by atoms with E-state index >= 15 is 0 Å². The molecule has 0 aromatic heterocycles. The van der Waals surface area contributed by atoms with E-state index in [0.29, 0.717) is 0 Å². The third kappa shape index (κ3) is 7.81. The molecule has 10 heteroatoms. The molecule has 2 unspecified atom stereocenters. The van der Waals surface area contributed by atoms with Crippen LogP contribution in [0.25, 0.3) is 0 Å². The lowest BCUT2D eigenvalue weighted by atomic mass is 10.8. The van der Waals surface area contributed by atoms with Crippen LogP contribution in [0.15, 0.2) is 0 Å². The highest BCUT2D eigenvalue weighted by molar-refractivity contribution is 7.48. The van der Waals surface area contributed by atoms with Gasteiger partial charge in [-0.3, -0.25) is 27.1 Å². The second-order valence-corrected chi connectivity index (χ2v) is 6.43. The Kier molecular flexibility index (Phi) is 9.79. The van der Waals surface area contributed by atoms with Gasteiger partial charge in [-0.25, -0.2) is 9.13 Å². The molecule has 0 bridgehead atoms. The summed E-state index contributed by atoms with van der Waals surface area (Å²) < 4.78 is 51.7. The van der Waals surface area contributed by atoms with Crippen LogP contribution < -0.4 is 0 Å². The average molecular weight is 326 g/mol. The minimum atomic E-state index is -3.75. The standard InChI is InChI=1S/C10H16O8P2/c1-5-7-15-19(11,13-3)17-9-10-18-20(12,14-4)16-8-6-2/h1-2H,7-10H2,3-4H3. The molecule has 0 aliphatic heterocycles. The molecule has 0 N–H and O–H groups in total. The van der Waals surface area contributed by atoms with Gasteiger partial charge in [0.1, 0.15) is 13.2 Å². The molecule has 0 amide bonds. The van der Waals surface area contributed by atoms with Gasteiger partial charge >= 0.3 is 15.6 Å². The first kappa shape index (κ1) is 19.3. The Morgan fingerprint density at radius 2 is 1.15 bits per heavy atom. The van der Waals surface area contributed by atoms with Gasteiger partial charge in [0.15, 0.2) is 0 Å². The number of phosphoric ester groups is 2. The monoisotopic (exact) mass is 326 g/mol. The van der Waals surface area contributed by atoms with Gasteiger partial charge in [0.25, 0.3) is 0 Å². The summed E-state index contributed by atoms with van der Waals surface area (Å²) in [6, 6.07) is 0. The molecule has 0 aromatic rings. The first-order valence-corrected chi connectivity index (χ1v) is 8.14. The Labute approximate surface area is 118 Å². The van der Waals surface area contributed by atoms with Gasteiger partial charge in [-0.1, -0.05) is 11.8 Å². The van der Waals surface area contributed by atoms with Crippen molar-refractivity contribution in [2.75, 3.05) is 40.6 Å². The summed E-state index contributed by atoms with van der Waals surface area (Å²) >= 11 is 0. The molecule has 0 fully saturated rings. The van der Waals surface area contributed by atoms with Crippen LogP contribution in [0, 0.1) is 24.7 Å². The zero-order chi connectivity index (χ0) is 15.5. The van der Waals surface area contributed by atoms with Crippen LogP contribution in [0.2, 0.25) is 0 Å². The van der Waals surface area contributed by atoms with E-state index in [0.717, 1.165) is 14.2 Å². The molecular formula is C10H16O8P2. The average Bonchev–Trinajstić information content (AvgIpc) is 2.47. The fourth-order valence-corrected chi connectivity index (χ4v) is 2.45. The maximum Gasteiger partial charge on any atom is 0.475 e. The van der Waals surface area contributed by atoms with Crippen molar-refractivity contribution in [2.24, 2.45) is 0 Å². The molecule has 8 nitrogen and oxygen atoms in total. The highest BCUT2D eigenvalue weighted by Crippen LogP contribution is 2.50. The molecule has 114 valence electrons. The molecule has 0 aliphatic rings. The molecule has 0 spiro atoms. The van der Waals surface area contributed by atoms with Crippen LogP contribution >= 0.6 is 15.6 Å². The second kappa shape index (κ2) is 10.1. The lowest BCUT2D eigenvalue weighted by Gasteiger charge is -2.16. The fraction of sp³-hybridized carbons (Fsp3) is 0.600. The van der Waals surface area contributed by atoms with E-state index in [2.05, 4.69) is 20.9 Å². The number of hydrogen-bond donors (Lipinski definition) is 0. The summed E-state index contributed by atoms with van der Waals surface area (Å²) in [5.41, 5.74) is 0. The number of hydrogen-bond acceptors (Lipinski definition) is 8. The van der Waals surface area contributed by atoms with Crippen molar-refractivity contribution in [2.45, 2.75) is 0 Å². The van der Waals surface area contributed by atoms with Crippen molar-refractivity contribution in [1.82, 2.24) is 0 Å². The summed E-state index contributed by atoms with van der Waals surface area (Å²) in [6.45, 7) is -0.980. The normalized spacial score (nSPS) is 16.6. The molecule has 0 aliphatic carbocycles. The van der Waals surface area contributed by atoms with Crippen LogP contribution in [-0.4, -0.2) is 40.6 Å². The summed E-state index contributed by atoms with van der Waals surface area (Å²) in [4.78, 5) is 0. The minimum Gasteiger partial charge on any atom is -0.290 e. The molecule has 0 rings (SSSR count). The number of phosphoric acid groups is 2. The molecule has 0 saturated carbocycles. The maximum absolute atomic E-state index is 11.7. The summed E-state index contributed by atoms with van der Waals surface area (Å²) in [7, 11) is -5.24. The van der Waals surface area contributed by atoms with E-state index in [-0.39, 0.29) is 26.4 Å². The van der Waals surface area contributed by atoms with E-state index < -0.39 is 15.6 Å². The zero-order valence-corrected chi connectivity index (χ0v) is 12.9. The first-order chi connectivity index (χ1) is 9.45. The molecule has 0 heterocycles. The molecule has 0 saturated heterocycles. The first-order valence-electron chi connectivity index (χ1n) is 5.22. The van der Waals surface area contributed by atoms with Crippen LogP contribution in [0.1, 0.15) is 0 Å². The largest absolute Gasteiger partial charge is 0.475 e. The van der Waals surface area contributed by atoms with Crippen molar-refractivity contribution in [1.29, 1.82) is 0 Å². The van der Waals surface area contributed by atoms with Crippen LogP contribution in [0.5, 0.6) is 0 Å². The van der Waals surface area contributed by atoms with Crippen molar-refractivity contribution >= 4 is 15.6 Å². The van der Waals surface area contributed by atoms with Crippen LogP contribution in [0.3, 0.4) is 0 Å². The highest BCUT2D eigenvalue weighted by atomic mass is 31.2. The van der Waals surface area contributed by atoms with E-state index in [1.54, 1.807) is 0 Å². The third-order valence-electron chi connectivity index (χ3n) is 1.64. The van der Waals surface area contributed by atoms with Gasteiger partial charge in [-0.15, -0.1) is 12.8 Å². The number of rotatable bonds is 11. The maximum atomic E-state index is 11.7. The van der Waals surface area contributed by atoms with E-state index in [9.17, 15) is 9.13 Å². The lowest BCUT2D eigenvalue weighted by molar-refractivity contribution is 0.0965. The predicted molar refractivity (Wildman–Crippen MR) is 70.7 cm³/mol. The smallest absolute Gasteiger partial charge is 0.290 e. The molecule has 0 aromatic carbocycles. The third-order valence-corrected chi connectivity index (χ3v) is 4.42. The Morgan fingerprint density at radius 3 is 1.40 bits per heavy atom. The van der Waals surface area contributed by atoms with E-state index in [4.69, 9.17) is 30.9 Å². The van der Waals surface area contributed by atoms with Gasteiger partial charge in [0, 0.05) is 14.2 Å². The molecule has 0 radical (unpaired) electrons. The SMILES string of the molecule is C#CCOP(=O)(OC)OCCOP(=O)(OC)OCC#C. The highest BCUT2D eigenvalue weighted by Gasteiger charge is 2.27. The topological polar surface area (TPSA) is 89.5 Å². The van der Waals surface area contributed by atoms with Gasteiger partial charge in [-0.05, 0) is 0 Å². The van der Waals surface area contributed by atoms with Gasteiger partial charge in [-0.2, -0.15) is 0 Å². The molecular weight excluding hydrogens is 310 g/mol. The van der Waals surface area contributed by atoms with Crippen molar-refractivity contribution in [3.63, 3.8) is 0 Å². The Hall–Kier alpha value is -0.660. The summed E-state index contributed by atoms with van der Waals surface area (Å²) in [6.07, 6.45) is 9.90. The molecule has 20 heavy (non-hydrogen) atoms. The van der Waals surface area contributed by atoms with E-state index in [1.165, 1.54) is 0 Å². The lowest BCUT2D eigenvalue weighted by Crippen LogP contribution is -2.07. The Morgan fingerprint density at radius 1 is 0.800 bits per heavy atom. The Balaban J connectivity index is 4.17. The van der Waals surface area contributed by atoms with Gasteiger partial charge < -0.3 is 0 Å². The minimum absolute atomic E-state index is 0.242. The van der Waals surface area contributed by atoms with Crippen LogP contribution in [0.4, 0.5) is 0 Å². The Bertz CT molecular complexity index is 407. The summed E-state index contributed by atoms with van der Waals surface area (Å²) in [5.74, 6) is 4.23. The number of terminal acetylenes is 2. The second-order valence-electron chi connectivity index (χ2n) is 2.88. The summed E-state index contributed by atoms with van der Waals surface area (Å²) in [5, 5.41) is 0. The predicted octanol–water partition coefficient (Wildman–Crippen LogP) is 1.83. The van der Waals surface area contributed by atoms with Crippen molar-refractivity contribution < 1.29 is 36.3 Å². The quantitative estimate of drug-likeness (QED) is 0.323. The zero-order valence-electron chi connectivity index (χ0n) is 11.1. The fourth-order valence-electron chi connectivity index (χ4n) is 0.816. The van der Waals surface area contributed by atoms with Gasteiger partial charge in [0.2, 0.25) is 0 Å². The van der Waals surface area contributed by atoms with Crippen molar-refractivity contribution in [3.8, 4) is 24.7 Å². The van der Waals surface area contributed by atoms with Crippen LogP contribution in [-0.2, 0) is 36.3 Å².